The predicted molar refractivity (Wildman–Crippen MR) is 144 cm³/mol. The molecule has 0 aromatic heterocycles. The molecule has 0 bridgehead atoms. The summed E-state index contributed by atoms with van der Waals surface area (Å²) in [5, 5.41) is 3.95. The van der Waals surface area contributed by atoms with E-state index in [2.05, 4.69) is 10.0 Å². The van der Waals surface area contributed by atoms with Crippen LogP contribution in [0.2, 0.25) is 6.32 Å². The van der Waals surface area contributed by atoms with Crippen LogP contribution in [0.1, 0.15) is 53.0 Å². The van der Waals surface area contributed by atoms with E-state index in [0.29, 0.717) is 19.2 Å². The molecule has 2 aliphatic rings. The lowest BCUT2D eigenvalue weighted by molar-refractivity contribution is -0.156. The number of rotatable bonds is 9. The molecule has 0 saturated carbocycles. The Labute approximate surface area is 237 Å². The second-order valence-electron chi connectivity index (χ2n) is 11.2. The summed E-state index contributed by atoms with van der Waals surface area (Å²) in [6.45, 7) is 9.82. The van der Waals surface area contributed by atoms with Gasteiger partial charge in [0, 0.05) is 23.9 Å². The number of hydrogen-bond acceptors (Lipinski definition) is 8. The fourth-order valence-electron chi connectivity index (χ4n) is 4.61. The van der Waals surface area contributed by atoms with Crippen molar-refractivity contribution in [3.8, 4) is 0 Å². The Hall–Kier alpha value is -3.13. The van der Waals surface area contributed by atoms with Crippen LogP contribution in [0.4, 0.5) is 13.2 Å². The van der Waals surface area contributed by atoms with Gasteiger partial charge in [0.15, 0.2) is 5.54 Å². The number of hydrogen-bond donors (Lipinski definition) is 1. The fraction of sp³-hybridized carbons (Fsp3) is 0.654. The molecule has 15 heteroatoms. The Morgan fingerprint density at radius 3 is 2.29 bits per heavy atom. The molecule has 1 aromatic rings. The summed E-state index contributed by atoms with van der Waals surface area (Å²) in [5.74, 6) is -1.36. The van der Waals surface area contributed by atoms with E-state index in [9.17, 15) is 28.3 Å². The summed E-state index contributed by atoms with van der Waals surface area (Å²) in [6.07, 6.45) is -3.92. The maximum Gasteiger partial charge on any atom is 0.457 e. The fourth-order valence-corrected chi connectivity index (χ4v) is 4.61. The molecular weight excluding hydrogens is 546 g/mol. The Bertz CT molecular complexity index is 1100. The van der Waals surface area contributed by atoms with Crippen LogP contribution < -0.4 is 5.73 Å². The van der Waals surface area contributed by atoms with Crippen molar-refractivity contribution in [1.29, 1.82) is 0 Å². The van der Waals surface area contributed by atoms with Gasteiger partial charge in [-0.1, -0.05) is 41.9 Å². The van der Waals surface area contributed by atoms with Crippen molar-refractivity contribution in [1.82, 2.24) is 4.90 Å². The summed E-state index contributed by atoms with van der Waals surface area (Å²) < 4.78 is 49.0. The van der Waals surface area contributed by atoms with Crippen LogP contribution in [-0.4, -0.2) is 72.2 Å². The first-order chi connectivity index (χ1) is 19.0. The Balaban J connectivity index is 0.000000883. The zero-order chi connectivity index (χ0) is 31.1. The van der Waals surface area contributed by atoms with Gasteiger partial charge in [-0.15, -0.1) is 0 Å². The van der Waals surface area contributed by atoms with E-state index >= 15 is 0 Å². The smallest absolute Gasteiger partial charge is 0.457 e. The van der Waals surface area contributed by atoms with Crippen LogP contribution in [0.3, 0.4) is 0 Å². The number of amides is 1. The van der Waals surface area contributed by atoms with Crippen LogP contribution in [-0.2, 0) is 35.0 Å². The van der Waals surface area contributed by atoms with Gasteiger partial charge >= 0.3 is 19.3 Å². The van der Waals surface area contributed by atoms with Gasteiger partial charge in [-0.25, -0.2) is 0 Å². The number of azide groups is 1. The van der Waals surface area contributed by atoms with Crippen molar-refractivity contribution < 1.29 is 41.6 Å². The van der Waals surface area contributed by atoms with E-state index in [1.807, 2.05) is 58.0 Å². The average molecular weight is 583 g/mol. The first-order valence-corrected chi connectivity index (χ1v) is 13.2. The third-order valence-electron chi connectivity index (χ3n) is 7.47. The van der Waals surface area contributed by atoms with E-state index in [1.54, 1.807) is 6.92 Å². The number of aldehydes is 1. The molecule has 2 fully saturated rings. The molecule has 0 spiro atoms. The third kappa shape index (κ3) is 8.93. The topological polar surface area (TPSA) is 157 Å². The molecule has 1 amide bonds. The van der Waals surface area contributed by atoms with Crippen molar-refractivity contribution in [2.45, 2.75) is 89.3 Å². The number of esters is 1. The van der Waals surface area contributed by atoms with Crippen molar-refractivity contribution >= 4 is 25.3 Å². The molecule has 3 rings (SSSR count). The molecule has 0 unspecified atom stereocenters. The van der Waals surface area contributed by atoms with Crippen LogP contribution in [0.25, 0.3) is 10.4 Å². The predicted octanol–water partition coefficient (Wildman–Crippen LogP) is 4.20. The number of halogens is 3. The number of ether oxygens (including phenoxy) is 1. The van der Waals surface area contributed by atoms with Gasteiger partial charge in [0.1, 0.15) is 6.61 Å². The standard InChI is InChI=1S/C24H36BN5O5.C2HF3O/c1-17(26)20(31)30-14-19(12-9-13-25-34-22(2,3)23(4,5)35-25)24(16-30,28-29-27)21(32)33-15-18-10-7-6-8-11-18;3-2(4,5)1-6/h6-8,10-11,17,19H,9,12-16,26H2,1-5H3;1H/t17-,19-,24-;/m0./s1. The highest BCUT2D eigenvalue weighted by atomic mass is 19.4. The summed E-state index contributed by atoms with van der Waals surface area (Å²) in [4.78, 5) is 39.2. The number of likely N-dealkylation sites (tertiary alicyclic amines) is 1. The summed E-state index contributed by atoms with van der Waals surface area (Å²) >= 11 is 0. The average Bonchev–Trinajstić information content (AvgIpc) is 3.35. The Morgan fingerprint density at radius 2 is 1.80 bits per heavy atom. The van der Waals surface area contributed by atoms with Crippen molar-refractivity contribution in [2.75, 3.05) is 13.1 Å². The normalized spacial score (nSPS) is 23.6. The van der Waals surface area contributed by atoms with Crippen LogP contribution in [0, 0.1) is 5.92 Å². The minimum atomic E-state index is -4.64. The Kier molecular flexibility index (Phi) is 11.4. The van der Waals surface area contributed by atoms with Crippen LogP contribution in [0.15, 0.2) is 35.4 Å². The number of nitrogens with two attached hydrogens (primary N) is 1. The molecule has 3 atom stereocenters. The van der Waals surface area contributed by atoms with Crippen LogP contribution >= 0.6 is 0 Å². The first kappa shape index (κ1) is 34.1. The quantitative estimate of drug-likeness (QED) is 0.114. The molecule has 2 aliphatic heterocycles. The van der Waals surface area contributed by atoms with Gasteiger partial charge in [0.25, 0.3) is 0 Å². The highest BCUT2D eigenvalue weighted by Gasteiger charge is 2.55. The maximum atomic E-state index is 13.4. The number of nitrogens with zero attached hydrogens (tertiary/aromatic N) is 4. The molecule has 226 valence electrons. The van der Waals surface area contributed by atoms with Gasteiger partial charge in [-0.05, 0) is 58.5 Å². The molecule has 41 heavy (non-hydrogen) atoms. The largest absolute Gasteiger partial charge is 0.460 e. The molecule has 0 aliphatic carbocycles. The second-order valence-corrected chi connectivity index (χ2v) is 11.2. The van der Waals surface area contributed by atoms with Crippen molar-refractivity contribution in [3.63, 3.8) is 0 Å². The molecule has 11 nitrogen and oxygen atoms in total. The lowest BCUT2D eigenvalue weighted by atomic mass is 9.78. The monoisotopic (exact) mass is 583 g/mol. The number of carbonyl (C=O) groups is 3. The van der Waals surface area contributed by atoms with Gasteiger partial charge in [-0.2, -0.15) is 13.2 Å². The van der Waals surface area contributed by atoms with Gasteiger partial charge in [0.2, 0.25) is 12.2 Å². The van der Waals surface area contributed by atoms with Gasteiger partial charge in [-0.3, -0.25) is 14.4 Å². The van der Waals surface area contributed by atoms with E-state index in [4.69, 9.17) is 24.6 Å². The second kappa shape index (κ2) is 13.7. The van der Waals surface area contributed by atoms with Crippen LogP contribution in [0.5, 0.6) is 0 Å². The molecule has 2 saturated heterocycles. The molecule has 2 N–H and O–H groups in total. The minimum absolute atomic E-state index is 0.0459. The lowest BCUT2D eigenvalue weighted by Gasteiger charge is -2.32. The third-order valence-corrected chi connectivity index (χ3v) is 7.47. The number of carbonyl (C=O) groups excluding carboxylic acids is 3. The number of benzene rings is 1. The van der Waals surface area contributed by atoms with E-state index in [1.165, 1.54) is 4.90 Å². The summed E-state index contributed by atoms with van der Waals surface area (Å²) in [7, 11) is -0.373. The lowest BCUT2D eigenvalue weighted by Crippen LogP contribution is -2.47. The highest BCUT2D eigenvalue weighted by molar-refractivity contribution is 6.45. The first-order valence-electron chi connectivity index (χ1n) is 13.2. The molecular formula is C26H37BF3N5O6. The summed E-state index contributed by atoms with van der Waals surface area (Å²) in [6, 6.07) is 8.53. The minimum Gasteiger partial charge on any atom is -0.460 e. The van der Waals surface area contributed by atoms with Gasteiger partial charge < -0.3 is 24.7 Å². The highest BCUT2D eigenvalue weighted by Crippen LogP contribution is 2.40. The van der Waals surface area contributed by atoms with E-state index in [0.717, 1.165) is 5.56 Å². The molecule has 0 radical (unpaired) electrons. The van der Waals surface area contributed by atoms with E-state index < -0.39 is 47.1 Å². The molecule has 1 aromatic carbocycles. The van der Waals surface area contributed by atoms with E-state index in [-0.39, 0.29) is 32.7 Å². The van der Waals surface area contributed by atoms with Crippen molar-refractivity contribution in [3.05, 3.63) is 46.3 Å². The van der Waals surface area contributed by atoms with Gasteiger partial charge in [0.05, 0.1) is 17.2 Å². The molecule has 2 heterocycles. The Morgan fingerprint density at radius 1 is 1.24 bits per heavy atom. The zero-order valence-corrected chi connectivity index (χ0v) is 23.9. The zero-order valence-electron chi connectivity index (χ0n) is 23.9. The number of alkyl halides is 3. The van der Waals surface area contributed by atoms with Crippen molar-refractivity contribution in [2.24, 2.45) is 16.8 Å². The maximum absolute atomic E-state index is 13.4. The SMILES string of the molecule is C[C@H](N)C(=O)N1C[C@H](CCCB2OC(C)(C)C(C)(C)O2)[C@](N=[N+]=[N-])(C(=O)OCc2ccccc2)C1.O=CC(F)(F)F. The summed E-state index contributed by atoms with van der Waals surface area (Å²) in [5.41, 5.74) is 13.6.